The number of hydrogen-bond donors (Lipinski definition) is 0. The number of fused-ring (bicyclic) bond motifs is 1. The van der Waals surface area contributed by atoms with Crippen molar-refractivity contribution in [1.82, 2.24) is 14.6 Å². The summed E-state index contributed by atoms with van der Waals surface area (Å²) in [5.41, 5.74) is 2.39. The van der Waals surface area contributed by atoms with Crippen LogP contribution < -0.4 is 0 Å². The van der Waals surface area contributed by atoms with Crippen LogP contribution in [-0.4, -0.2) is 14.6 Å². The molecule has 2 rings (SSSR count). The van der Waals surface area contributed by atoms with E-state index in [4.69, 9.17) is 0 Å². The molecular formula is C8H7BrFN3. The van der Waals surface area contributed by atoms with Gasteiger partial charge in [0.2, 0.25) is 5.95 Å². The number of rotatable bonds is 0. The Bertz CT molecular complexity index is 478. The van der Waals surface area contributed by atoms with Crippen molar-refractivity contribution in [3.8, 4) is 0 Å². The fourth-order valence-electron chi connectivity index (χ4n) is 1.09. The minimum Gasteiger partial charge on any atom is -0.232 e. The van der Waals surface area contributed by atoms with Gasteiger partial charge in [-0.2, -0.15) is 4.39 Å². The molecule has 0 unspecified atom stereocenters. The molecule has 0 N–H and O–H groups in total. The van der Waals surface area contributed by atoms with E-state index in [2.05, 4.69) is 26.0 Å². The molecule has 0 atom stereocenters. The highest BCUT2D eigenvalue weighted by atomic mass is 79.9. The Balaban J connectivity index is 2.89. The number of aromatic nitrogens is 3. The van der Waals surface area contributed by atoms with E-state index in [-0.39, 0.29) is 0 Å². The monoisotopic (exact) mass is 243 g/mol. The first-order valence-corrected chi connectivity index (χ1v) is 4.56. The Morgan fingerprint density at radius 2 is 2.15 bits per heavy atom. The van der Waals surface area contributed by atoms with E-state index < -0.39 is 5.95 Å². The SMILES string of the molecule is Cc1cn2nc(F)c(Br)c2nc1C. The highest BCUT2D eigenvalue weighted by molar-refractivity contribution is 9.10. The van der Waals surface area contributed by atoms with Gasteiger partial charge in [0, 0.05) is 11.9 Å². The van der Waals surface area contributed by atoms with Crippen molar-refractivity contribution >= 4 is 21.6 Å². The minimum atomic E-state index is -0.530. The van der Waals surface area contributed by atoms with Crippen molar-refractivity contribution in [2.45, 2.75) is 13.8 Å². The van der Waals surface area contributed by atoms with Gasteiger partial charge >= 0.3 is 0 Å². The lowest BCUT2D eigenvalue weighted by Crippen LogP contribution is -1.95. The predicted octanol–water partition coefficient (Wildman–Crippen LogP) is 2.25. The zero-order valence-corrected chi connectivity index (χ0v) is 8.76. The summed E-state index contributed by atoms with van der Waals surface area (Å²) in [6.07, 6.45) is 1.76. The van der Waals surface area contributed by atoms with Crippen molar-refractivity contribution in [1.29, 1.82) is 0 Å². The van der Waals surface area contributed by atoms with Crippen molar-refractivity contribution in [2.75, 3.05) is 0 Å². The van der Waals surface area contributed by atoms with Crippen LogP contribution in [0, 0.1) is 19.8 Å². The fourth-order valence-corrected chi connectivity index (χ4v) is 1.44. The van der Waals surface area contributed by atoms with Gasteiger partial charge in [-0.1, -0.05) is 0 Å². The maximum absolute atomic E-state index is 13.0. The summed E-state index contributed by atoms with van der Waals surface area (Å²) in [5.74, 6) is -0.530. The molecule has 3 nitrogen and oxygen atoms in total. The molecule has 2 heterocycles. The van der Waals surface area contributed by atoms with Crippen molar-refractivity contribution in [3.05, 3.63) is 27.9 Å². The quantitative estimate of drug-likeness (QED) is 0.711. The molecule has 0 aliphatic carbocycles. The van der Waals surface area contributed by atoms with Crippen LogP contribution in [0.2, 0.25) is 0 Å². The summed E-state index contributed by atoms with van der Waals surface area (Å²) in [7, 11) is 0. The number of halogens is 2. The van der Waals surface area contributed by atoms with Crippen LogP contribution in [0.25, 0.3) is 5.65 Å². The molecule has 2 aromatic heterocycles. The van der Waals surface area contributed by atoms with Crippen LogP contribution in [0.5, 0.6) is 0 Å². The summed E-state index contributed by atoms with van der Waals surface area (Å²) >= 11 is 3.09. The topological polar surface area (TPSA) is 30.2 Å². The largest absolute Gasteiger partial charge is 0.249 e. The summed E-state index contributed by atoms with van der Waals surface area (Å²) in [6.45, 7) is 3.79. The smallest absolute Gasteiger partial charge is 0.232 e. The van der Waals surface area contributed by atoms with Gasteiger partial charge in [-0.05, 0) is 35.3 Å². The summed E-state index contributed by atoms with van der Waals surface area (Å²) in [6, 6.07) is 0. The highest BCUT2D eigenvalue weighted by Crippen LogP contribution is 2.20. The Kier molecular flexibility index (Phi) is 1.83. The molecule has 0 fully saturated rings. The van der Waals surface area contributed by atoms with Crippen molar-refractivity contribution < 1.29 is 4.39 Å². The minimum absolute atomic E-state index is 0.315. The lowest BCUT2D eigenvalue weighted by Gasteiger charge is -1.98. The average Bonchev–Trinajstić information content (AvgIpc) is 2.32. The highest BCUT2D eigenvalue weighted by Gasteiger charge is 2.11. The first-order valence-electron chi connectivity index (χ1n) is 3.77. The molecule has 2 aromatic rings. The predicted molar refractivity (Wildman–Crippen MR) is 50.1 cm³/mol. The van der Waals surface area contributed by atoms with Gasteiger partial charge in [0.1, 0.15) is 4.47 Å². The standard InChI is InChI=1S/C8H7BrFN3/c1-4-3-13-8(11-5(4)2)6(9)7(10)12-13/h3H,1-2H3. The van der Waals surface area contributed by atoms with Crippen LogP contribution in [0.15, 0.2) is 10.7 Å². The van der Waals surface area contributed by atoms with Gasteiger partial charge in [-0.25, -0.2) is 9.50 Å². The molecule has 0 saturated carbocycles. The summed E-state index contributed by atoms with van der Waals surface area (Å²) < 4.78 is 14.7. The van der Waals surface area contributed by atoms with E-state index >= 15 is 0 Å². The Labute approximate surface area is 82.7 Å². The Morgan fingerprint density at radius 3 is 2.85 bits per heavy atom. The Morgan fingerprint density at radius 1 is 1.46 bits per heavy atom. The summed E-state index contributed by atoms with van der Waals surface area (Å²) in [5, 5.41) is 3.66. The maximum Gasteiger partial charge on any atom is 0.249 e. The van der Waals surface area contributed by atoms with Crippen LogP contribution in [0.4, 0.5) is 4.39 Å². The fraction of sp³-hybridized carbons (Fsp3) is 0.250. The molecule has 5 heteroatoms. The van der Waals surface area contributed by atoms with Crippen LogP contribution >= 0.6 is 15.9 Å². The zero-order valence-electron chi connectivity index (χ0n) is 7.17. The van der Waals surface area contributed by atoms with E-state index in [1.165, 1.54) is 4.52 Å². The first-order chi connectivity index (χ1) is 6.09. The molecule has 0 aromatic carbocycles. The van der Waals surface area contributed by atoms with Crippen molar-refractivity contribution in [2.24, 2.45) is 0 Å². The summed E-state index contributed by atoms with van der Waals surface area (Å²) in [4.78, 5) is 4.21. The molecule has 0 radical (unpaired) electrons. The van der Waals surface area contributed by atoms with Gasteiger partial charge in [0.15, 0.2) is 5.65 Å². The molecule has 0 spiro atoms. The van der Waals surface area contributed by atoms with E-state index in [9.17, 15) is 4.39 Å². The lowest BCUT2D eigenvalue weighted by molar-refractivity contribution is 0.566. The second-order valence-corrected chi connectivity index (χ2v) is 3.68. The molecule has 0 bridgehead atoms. The van der Waals surface area contributed by atoms with Crippen LogP contribution in [-0.2, 0) is 0 Å². The maximum atomic E-state index is 13.0. The zero-order chi connectivity index (χ0) is 9.59. The van der Waals surface area contributed by atoms with Crippen LogP contribution in [0.1, 0.15) is 11.3 Å². The van der Waals surface area contributed by atoms with Crippen LogP contribution in [0.3, 0.4) is 0 Å². The molecule has 68 valence electrons. The second kappa shape index (κ2) is 2.77. The number of nitrogens with zero attached hydrogens (tertiary/aromatic N) is 3. The van der Waals surface area contributed by atoms with E-state index in [1.54, 1.807) is 6.20 Å². The average molecular weight is 244 g/mol. The third kappa shape index (κ3) is 1.23. The molecule has 0 aliphatic rings. The van der Waals surface area contributed by atoms with E-state index in [1.807, 2.05) is 13.8 Å². The molecular weight excluding hydrogens is 237 g/mol. The van der Waals surface area contributed by atoms with Gasteiger partial charge < -0.3 is 0 Å². The van der Waals surface area contributed by atoms with E-state index in [0.29, 0.717) is 10.1 Å². The van der Waals surface area contributed by atoms with Gasteiger partial charge in [-0.3, -0.25) is 0 Å². The first kappa shape index (κ1) is 8.62. The normalized spacial score (nSPS) is 11.1. The van der Waals surface area contributed by atoms with Gasteiger partial charge in [-0.15, -0.1) is 5.10 Å². The number of hydrogen-bond acceptors (Lipinski definition) is 2. The molecule has 0 aliphatic heterocycles. The molecule has 0 saturated heterocycles. The van der Waals surface area contributed by atoms with E-state index in [0.717, 1.165) is 11.3 Å². The second-order valence-electron chi connectivity index (χ2n) is 2.88. The third-order valence-corrected chi connectivity index (χ3v) is 2.63. The third-order valence-electron chi connectivity index (χ3n) is 1.95. The van der Waals surface area contributed by atoms with Gasteiger partial charge in [0.05, 0.1) is 0 Å². The number of aryl methyl sites for hydroxylation is 2. The van der Waals surface area contributed by atoms with Gasteiger partial charge in [0.25, 0.3) is 0 Å². The lowest BCUT2D eigenvalue weighted by atomic mass is 10.3. The molecule has 0 amide bonds. The van der Waals surface area contributed by atoms with Crippen molar-refractivity contribution in [3.63, 3.8) is 0 Å². The molecule has 13 heavy (non-hydrogen) atoms. The Hall–Kier alpha value is -0.970.